The van der Waals surface area contributed by atoms with Gasteiger partial charge < -0.3 is 15.4 Å². The second kappa shape index (κ2) is 7.30. The zero-order valence-electron chi connectivity index (χ0n) is 14.4. The largest absolute Gasteiger partial charge is 0.444 e. The van der Waals surface area contributed by atoms with E-state index in [-0.39, 0.29) is 17.9 Å². The Labute approximate surface area is 137 Å². The van der Waals surface area contributed by atoms with Crippen molar-refractivity contribution in [3.8, 4) is 0 Å². The van der Waals surface area contributed by atoms with E-state index in [4.69, 9.17) is 4.74 Å². The molecule has 128 valence electrons. The molecule has 2 rings (SSSR count). The van der Waals surface area contributed by atoms with Crippen LogP contribution in [0.15, 0.2) is 24.3 Å². The van der Waals surface area contributed by atoms with E-state index in [0.29, 0.717) is 12.5 Å². The third-order valence-corrected chi connectivity index (χ3v) is 3.73. The van der Waals surface area contributed by atoms with Crippen molar-refractivity contribution < 1.29 is 13.9 Å². The summed E-state index contributed by atoms with van der Waals surface area (Å²) in [5.41, 5.74) is 0.598. The fourth-order valence-electron chi connectivity index (χ4n) is 2.52. The molecule has 1 amide bonds. The SMILES string of the molecule is CC(CNC(c1ccc(F)cc1)C1CC1)NC(=O)OC(C)(C)C. The number of hydrogen-bond donors (Lipinski definition) is 2. The van der Waals surface area contributed by atoms with E-state index < -0.39 is 11.7 Å². The summed E-state index contributed by atoms with van der Waals surface area (Å²) < 4.78 is 18.3. The zero-order chi connectivity index (χ0) is 17.0. The number of benzene rings is 1. The Morgan fingerprint density at radius 1 is 1.30 bits per heavy atom. The minimum atomic E-state index is -0.498. The number of halogens is 1. The lowest BCUT2D eigenvalue weighted by atomic mass is 10.0. The van der Waals surface area contributed by atoms with Crippen LogP contribution in [0.4, 0.5) is 9.18 Å². The van der Waals surface area contributed by atoms with Crippen LogP contribution in [0.3, 0.4) is 0 Å². The number of amides is 1. The Bertz CT molecular complexity index is 521. The van der Waals surface area contributed by atoms with E-state index in [1.54, 1.807) is 0 Å². The molecular weight excluding hydrogens is 295 g/mol. The van der Waals surface area contributed by atoms with Gasteiger partial charge in [0.05, 0.1) is 0 Å². The van der Waals surface area contributed by atoms with Crippen LogP contribution in [0, 0.1) is 11.7 Å². The molecule has 0 spiro atoms. The Morgan fingerprint density at radius 3 is 2.43 bits per heavy atom. The van der Waals surface area contributed by atoms with Crippen LogP contribution >= 0.6 is 0 Å². The Kier molecular flexibility index (Phi) is 5.63. The monoisotopic (exact) mass is 322 g/mol. The second-order valence-electron chi connectivity index (χ2n) is 7.32. The molecule has 1 aliphatic rings. The van der Waals surface area contributed by atoms with Gasteiger partial charge in [-0.05, 0) is 64.2 Å². The summed E-state index contributed by atoms with van der Waals surface area (Å²) in [5.74, 6) is 0.373. The van der Waals surface area contributed by atoms with E-state index in [2.05, 4.69) is 10.6 Å². The minimum absolute atomic E-state index is 0.0495. The quantitative estimate of drug-likeness (QED) is 0.838. The molecule has 2 atom stereocenters. The van der Waals surface area contributed by atoms with Gasteiger partial charge in [0.15, 0.2) is 0 Å². The molecule has 0 aromatic heterocycles. The smallest absolute Gasteiger partial charge is 0.407 e. The van der Waals surface area contributed by atoms with E-state index in [0.717, 1.165) is 5.56 Å². The van der Waals surface area contributed by atoms with Gasteiger partial charge >= 0.3 is 6.09 Å². The molecule has 2 unspecified atom stereocenters. The van der Waals surface area contributed by atoms with Crippen molar-refractivity contribution in [1.82, 2.24) is 10.6 Å². The second-order valence-corrected chi connectivity index (χ2v) is 7.32. The van der Waals surface area contributed by atoms with E-state index in [1.165, 1.54) is 25.0 Å². The highest BCUT2D eigenvalue weighted by molar-refractivity contribution is 5.68. The number of rotatable bonds is 6. The first kappa shape index (κ1) is 17.7. The minimum Gasteiger partial charge on any atom is -0.444 e. The third kappa shape index (κ3) is 6.18. The molecule has 0 aliphatic heterocycles. The van der Waals surface area contributed by atoms with Crippen LogP contribution in [0.2, 0.25) is 0 Å². The summed E-state index contributed by atoms with van der Waals surface area (Å²) in [5, 5.41) is 6.32. The van der Waals surface area contributed by atoms with Crippen molar-refractivity contribution in [3.63, 3.8) is 0 Å². The maximum absolute atomic E-state index is 13.1. The summed E-state index contributed by atoms with van der Waals surface area (Å²) in [7, 11) is 0. The van der Waals surface area contributed by atoms with E-state index >= 15 is 0 Å². The van der Waals surface area contributed by atoms with Crippen LogP contribution in [-0.4, -0.2) is 24.3 Å². The molecule has 23 heavy (non-hydrogen) atoms. The molecular formula is C18H27FN2O2. The highest BCUT2D eigenvalue weighted by Gasteiger charge is 2.32. The molecule has 0 saturated heterocycles. The first-order valence-electron chi connectivity index (χ1n) is 8.23. The summed E-state index contributed by atoms with van der Waals surface area (Å²) >= 11 is 0. The highest BCUT2D eigenvalue weighted by atomic mass is 19.1. The van der Waals surface area contributed by atoms with E-state index in [1.807, 2.05) is 39.8 Å². The fourth-order valence-corrected chi connectivity index (χ4v) is 2.52. The van der Waals surface area contributed by atoms with Gasteiger partial charge in [0, 0.05) is 18.6 Å². The molecule has 1 aromatic rings. The number of alkyl carbamates (subject to hydrolysis) is 1. The Hall–Kier alpha value is -1.62. The number of ether oxygens (including phenoxy) is 1. The number of carbonyl (C=O) groups excluding carboxylic acids is 1. The summed E-state index contributed by atoms with van der Waals surface area (Å²) in [6, 6.07) is 6.81. The molecule has 0 radical (unpaired) electrons. The molecule has 1 aromatic carbocycles. The highest BCUT2D eigenvalue weighted by Crippen LogP contribution is 2.40. The van der Waals surface area contributed by atoms with Crippen LogP contribution in [-0.2, 0) is 4.74 Å². The van der Waals surface area contributed by atoms with Crippen LogP contribution in [0.25, 0.3) is 0 Å². The van der Waals surface area contributed by atoms with E-state index in [9.17, 15) is 9.18 Å². The van der Waals surface area contributed by atoms with Gasteiger partial charge in [-0.25, -0.2) is 9.18 Å². The normalized spacial score (nSPS) is 17.4. The van der Waals surface area contributed by atoms with Gasteiger partial charge in [0.2, 0.25) is 0 Å². The fraction of sp³-hybridized carbons (Fsp3) is 0.611. The molecule has 1 saturated carbocycles. The van der Waals surface area contributed by atoms with Crippen LogP contribution in [0.1, 0.15) is 52.1 Å². The maximum atomic E-state index is 13.1. The molecule has 4 nitrogen and oxygen atoms in total. The van der Waals surface area contributed by atoms with Crippen molar-refractivity contribution >= 4 is 6.09 Å². The first-order valence-corrected chi connectivity index (χ1v) is 8.23. The lowest BCUT2D eigenvalue weighted by molar-refractivity contribution is 0.0507. The molecule has 0 heterocycles. The maximum Gasteiger partial charge on any atom is 0.407 e. The summed E-state index contributed by atoms with van der Waals surface area (Å²) in [4.78, 5) is 11.8. The number of carbonyl (C=O) groups is 1. The molecule has 5 heteroatoms. The van der Waals surface area contributed by atoms with Gasteiger partial charge in [0.1, 0.15) is 11.4 Å². The number of hydrogen-bond acceptors (Lipinski definition) is 3. The average molecular weight is 322 g/mol. The van der Waals surface area contributed by atoms with Crippen molar-refractivity contribution in [2.24, 2.45) is 5.92 Å². The van der Waals surface area contributed by atoms with Crippen LogP contribution < -0.4 is 10.6 Å². The van der Waals surface area contributed by atoms with Gasteiger partial charge in [-0.1, -0.05) is 12.1 Å². The predicted molar refractivity (Wildman–Crippen MR) is 88.7 cm³/mol. The summed E-state index contributed by atoms with van der Waals surface area (Å²) in [6.07, 6.45) is 1.96. The zero-order valence-corrected chi connectivity index (χ0v) is 14.4. The molecule has 1 aliphatic carbocycles. The molecule has 2 N–H and O–H groups in total. The molecule has 1 fully saturated rings. The lowest BCUT2D eigenvalue weighted by Crippen LogP contribution is -2.43. The number of nitrogens with one attached hydrogen (secondary N) is 2. The Balaban J connectivity index is 1.84. The van der Waals surface area contributed by atoms with Gasteiger partial charge in [0.25, 0.3) is 0 Å². The van der Waals surface area contributed by atoms with Crippen molar-refractivity contribution in [2.75, 3.05) is 6.54 Å². The predicted octanol–water partition coefficient (Wildman–Crippen LogP) is 3.78. The third-order valence-electron chi connectivity index (χ3n) is 3.73. The standard InChI is InChI=1S/C18H27FN2O2/c1-12(21-17(22)23-18(2,3)4)11-20-16(13-5-6-13)14-7-9-15(19)10-8-14/h7-10,12-13,16,20H,5-6,11H2,1-4H3,(H,21,22). The topological polar surface area (TPSA) is 50.4 Å². The van der Waals surface area contributed by atoms with Crippen molar-refractivity contribution in [2.45, 2.75) is 58.2 Å². The lowest BCUT2D eigenvalue weighted by Gasteiger charge is -2.24. The van der Waals surface area contributed by atoms with Crippen LogP contribution in [0.5, 0.6) is 0 Å². The summed E-state index contributed by atoms with van der Waals surface area (Å²) in [6.45, 7) is 8.09. The van der Waals surface area contributed by atoms with Gasteiger partial charge in [-0.2, -0.15) is 0 Å². The Morgan fingerprint density at radius 2 is 1.91 bits per heavy atom. The van der Waals surface area contributed by atoms with Crippen molar-refractivity contribution in [3.05, 3.63) is 35.6 Å². The van der Waals surface area contributed by atoms with Crippen molar-refractivity contribution in [1.29, 1.82) is 0 Å². The van der Waals surface area contributed by atoms with Gasteiger partial charge in [-0.15, -0.1) is 0 Å². The molecule has 0 bridgehead atoms. The first-order chi connectivity index (χ1) is 10.7. The van der Waals surface area contributed by atoms with Gasteiger partial charge in [-0.3, -0.25) is 0 Å². The average Bonchev–Trinajstić information content (AvgIpc) is 3.23.